The van der Waals surface area contributed by atoms with E-state index in [0.29, 0.717) is 19.8 Å². The number of ether oxygens (including phenoxy) is 2. The molecule has 0 unspecified atom stereocenters. The van der Waals surface area contributed by atoms with Crippen LogP contribution in [0.3, 0.4) is 0 Å². The Labute approximate surface area is 140 Å². The van der Waals surface area contributed by atoms with Crippen molar-refractivity contribution in [2.75, 3.05) is 40.0 Å². The minimum absolute atomic E-state index is 0.640. The molecule has 1 aromatic carbocycles. The van der Waals surface area contributed by atoms with Crippen LogP contribution in [0.25, 0.3) is 0 Å². The van der Waals surface area contributed by atoms with Gasteiger partial charge in [-0.05, 0) is 18.9 Å². The van der Waals surface area contributed by atoms with Gasteiger partial charge in [0.25, 0.3) is 0 Å². The van der Waals surface area contributed by atoms with Crippen LogP contribution in [0.15, 0.2) is 29.3 Å². The molecule has 0 atom stereocenters. The minimum atomic E-state index is 0.640. The van der Waals surface area contributed by atoms with E-state index >= 15 is 0 Å². The van der Waals surface area contributed by atoms with Crippen molar-refractivity contribution in [3.05, 3.63) is 35.4 Å². The number of hydrogen-bond acceptors (Lipinski definition) is 3. The predicted molar refractivity (Wildman–Crippen MR) is 95.9 cm³/mol. The third kappa shape index (κ3) is 9.92. The van der Waals surface area contributed by atoms with Crippen molar-refractivity contribution in [1.82, 2.24) is 10.6 Å². The number of benzene rings is 1. The van der Waals surface area contributed by atoms with Crippen molar-refractivity contribution in [2.45, 2.75) is 33.2 Å². The van der Waals surface area contributed by atoms with Gasteiger partial charge in [-0.3, -0.25) is 4.99 Å². The van der Waals surface area contributed by atoms with Crippen LogP contribution in [0.4, 0.5) is 0 Å². The van der Waals surface area contributed by atoms with Crippen LogP contribution < -0.4 is 10.6 Å². The Morgan fingerprint density at radius 2 is 1.87 bits per heavy atom. The zero-order chi connectivity index (χ0) is 16.8. The average molecular weight is 321 g/mol. The maximum atomic E-state index is 5.52. The first-order chi connectivity index (χ1) is 11.3. The Morgan fingerprint density at radius 1 is 1.09 bits per heavy atom. The number of hydrogen-bond donors (Lipinski definition) is 2. The summed E-state index contributed by atoms with van der Waals surface area (Å²) in [5, 5.41) is 6.54. The largest absolute Gasteiger partial charge is 0.379 e. The van der Waals surface area contributed by atoms with Crippen LogP contribution in [0.5, 0.6) is 0 Å². The van der Waals surface area contributed by atoms with Crippen LogP contribution in [-0.2, 0) is 16.0 Å². The second-order valence-corrected chi connectivity index (χ2v) is 5.42. The maximum absolute atomic E-state index is 5.52. The summed E-state index contributed by atoms with van der Waals surface area (Å²) in [6, 6.07) is 8.44. The molecule has 5 heteroatoms. The first kappa shape index (κ1) is 19.5. The van der Waals surface area contributed by atoms with E-state index in [1.165, 1.54) is 17.5 Å². The highest BCUT2D eigenvalue weighted by atomic mass is 16.5. The van der Waals surface area contributed by atoms with E-state index in [0.717, 1.165) is 32.1 Å². The monoisotopic (exact) mass is 321 g/mol. The van der Waals surface area contributed by atoms with E-state index in [9.17, 15) is 0 Å². The number of aliphatic imine (C=N–C) groups is 1. The van der Waals surface area contributed by atoms with E-state index in [1.54, 1.807) is 7.05 Å². The van der Waals surface area contributed by atoms with Crippen molar-refractivity contribution in [2.24, 2.45) is 4.99 Å². The topological polar surface area (TPSA) is 54.9 Å². The highest BCUT2D eigenvalue weighted by Gasteiger charge is 1.98. The standard InChI is InChI=1S/C18H31N3O2/c1-4-5-10-22-12-13-23-11-9-20-18(19-3)21-15-17-8-6-7-16(2)14-17/h6-8,14H,4-5,9-13,15H2,1-3H3,(H2,19,20,21). The molecule has 2 N–H and O–H groups in total. The molecule has 1 aromatic rings. The highest BCUT2D eigenvalue weighted by molar-refractivity contribution is 5.79. The fraction of sp³-hybridized carbons (Fsp3) is 0.611. The molecule has 0 radical (unpaired) electrons. The summed E-state index contributed by atoms with van der Waals surface area (Å²) >= 11 is 0. The van der Waals surface area contributed by atoms with Gasteiger partial charge < -0.3 is 20.1 Å². The third-order valence-corrected chi connectivity index (χ3v) is 3.32. The van der Waals surface area contributed by atoms with Gasteiger partial charge >= 0.3 is 0 Å². The van der Waals surface area contributed by atoms with Crippen molar-refractivity contribution in [3.63, 3.8) is 0 Å². The van der Waals surface area contributed by atoms with E-state index in [4.69, 9.17) is 9.47 Å². The van der Waals surface area contributed by atoms with E-state index in [-0.39, 0.29) is 0 Å². The van der Waals surface area contributed by atoms with Crippen molar-refractivity contribution in [1.29, 1.82) is 0 Å². The van der Waals surface area contributed by atoms with Crippen LogP contribution >= 0.6 is 0 Å². The zero-order valence-corrected chi connectivity index (χ0v) is 14.7. The van der Waals surface area contributed by atoms with Crippen LogP contribution in [-0.4, -0.2) is 46.0 Å². The lowest BCUT2D eigenvalue weighted by molar-refractivity contribution is 0.0487. The lowest BCUT2D eigenvalue weighted by atomic mass is 10.1. The number of nitrogens with zero attached hydrogens (tertiary/aromatic N) is 1. The Balaban J connectivity index is 2.06. The predicted octanol–water partition coefficient (Wildman–Crippen LogP) is 2.49. The van der Waals surface area contributed by atoms with Crippen molar-refractivity contribution in [3.8, 4) is 0 Å². The molecule has 23 heavy (non-hydrogen) atoms. The second kappa shape index (κ2) is 12.9. The second-order valence-electron chi connectivity index (χ2n) is 5.42. The number of unbranched alkanes of at least 4 members (excludes halogenated alkanes) is 1. The van der Waals surface area contributed by atoms with Crippen molar-refractivity contribution >= 4 is 5.96 Å². The average Bonchev–Trinajstić information content (AvgIpc) is 2.56. The lowest BCUT2D eigenvalue weighted by Gasteiger charge is -2.12. The first-order valence-electron chi connectivity index (χ1n) is 8.41. The van der Waals surface area contributed by atoms with Crippen LogP contribution in [0.2, 0.25) is 0 Å². The van der Waals surface area contributed by atoms with E-state index in [2.05, 4.69) is 53.7 Å². The lowest BCUT2D eigenvalue weighted by Crippen LogP contribution is -2.38. The fourth-order valence-electron chi connectivity index (χ4n) is 2.04. The molecule has 0 aliphatic carbocycles. The zero-order valence-electron chi connectivity index (χ0n) is 14.7. The fourth-order valence-corrected chi connectivity index (χ4v) is 2.04. The minimum Gasteiger partial charge on any atom is -0.379 e. The smallest absolute Gasteiger partial charge is 0.191 e. The molecule has 0 aliphatic rings. The van der Waals surface area contributed by atoms with Gasteiger partial charge in [0.15, 0.2) is 5.96 Å². The van der Waals surface area contributed by atoms with Gasteiger partial charge in [-0.1, -0.05) is 43.2 Å². The number of nitrogens with one attached hydrogen (secondary N) is 2. The number of guanidine groups is 1. The van der Waals surface area contributed by atoms with Gasteiger partial charge in [0, 0.05) is 26.7 Å². The van der Waals surface area contributed by atoms with Gasteiger partial charge in [-0.15, -0.1) is 0 Å². The van der Waals surface area contributed by atoms with Gasteiger partial charge in [0.05, 0.1) is 19.8 Å². The van der Waals surface area contributed by atoms with Crippen LogP contribution in [0.1, 0.15) is 30.9 Å². The molecule has 0 fully saturated rings. The van der Waals surface area contributed by atoms with Crippen LogP contribution in [0, 0.1) is 6.92 Å². The Morgan fingerprint density at radius 3 is 2.57 bits per heavy atom. The van der Waals surface area contributed by atoms with Gasteiger partial charge in [-0.2, -0.15) is 0 Å². The molecular formula is C18H31N3O2. The van der Waals surface area contributed by atoms with Gasteiger partial charge in [0.1, 0.15) is 0 Å². The number of rotatable bonds is 11. The SMILES string of the molecule is CCCCOCCOCCNC(=NC)NCc1cccc(C)c1. The van der Waals surface area contributed by atoms with Gasteiger partial charge in [-0.25, -0.2) is 0 Å². The molecule has 1 rings (SSSR count). The third-order valence-electron chi connectivity index (χ3n) is 3.32. The maximum Gasteiger partial charge on any atom is 0.191 e. The van der Waals surface area contributed by atoms with Crippen molar-refractivity contribution < 1.29 is 9.47 Å². The molecule has 5 nitrogen and oxygen atoms in total. The summed E-state index contributed by atoms with van der Waals surface area (Å²) in [6.45, 7) is 8.51. The molecule has 0 aliphatic heterocycles. The molecule has 0 aromatic heterocycles. The molecule has 0 spiro atoms. The summed E-state index contributed by atoms with van der Waals surface area (Å²) in [4.78, 5) is 4.21. The molecule has 130 valence electrons. The molecule has 0 bridgehead atoms. The molecule has 0 saturated heterocycles. The van der Waals surface area contributed by atoms with Gasteiger partial charge in [0.2, 0.25) is 0 Å². The summed E-state index contributed by atoms with van der Waals surface area (Å²) in [5.74, 6) is 0.786. The van der Waals surface area contributed by atoms with E-state index in [1.807, 2.05) is 0 Å². The summed E-state index contributed by atoms with van der Waals surface area (Å²) in [7, 11) is 1.77. The Hall–Kier alpha value is -1.59. The molecule has 0 amide bonds. The molecular weight excluding hydrogens is 290 g/mol. The first-order valence-corrected chi connectivity index (χ1v) is 8.41. The summed E-state index contributed by atoms with van der Waals surface area (Å²) in [6.07, 6.45) is 2.28. The summed E-state index contributed by atoms with van der Waals surface area (Å²) < 4.78 is 11.0. The Kier molecular flexibility index (Phi) is 10.9. The number of aryl methyl sites for hydroxylation is 1. The quantitative estimate of drug-likeness (QED) is 0.373. The van der Waals surface area contributed by atoms with E-state index < -0.39 is 0 Å². The highest BCUT2D eigenvalue weighted by Crippen LogP contribution is 2.02. The normalized spacial score (nSPS) is 11.5. The summed E-state index contributed by atoms with van der Waals surface area (Å²) in [5.41, 5.74) is 2.51. The molecule has 0 heterocycles. The molecule has 0 saturated carbocycles. The Bertz CT molecular complexity index is 450.